The van der Waals surface area contributed by atoms with Gasteiger partial charge in [-0.25, -0.2) is 44.9 Å². The summed E-state index contributed by atoms with van der Waals surface area (Å²) >= 11 is 0. The van der Waals surface area contributed by atoms with Gasteiger partial charge in [-0.05, 0) is 26.3 Å². The van der Waals surface area contributed by atoms with Gasteiger partial charge in [0.05, 0.1) is 145 Å². The van der Waals surface area contributed by atoms with Gasteiger partial charge in [0.15, 0.2) is 57.9 Å². The van der Waals surface area contributed by atoms with E-state index in [9.17, 15) is 78.6 Å². The van der Waals surface area contributed by atoms with Crippen LogP contribution in [-0.4, -0.2) is 305 Å². The lowest BCUT2D eigenvalue weighted by Gasteiger charge is -2.33. The number of imidazole rings is 3. The molecule has 0 spiro atoms. The van der Waals surface area contributed by atoms with Gasteiger partial charge in [-0.3, -0.25) is 60.9 Å². The summed E-state index contributed by atoms with van der Waals surface area (Å²) in [4.78, 5) is 94.5. The van der Waals surface area contributed by atoms with Crippen molar-refractivity contribution in [3.05, 3.63) is 88.1 Å². The molecule has 15 heterocycles. The molecule has 6 aromatic rings. The first-order valence-corrected chi connectivity index (χ1v) is 33.2. The number of carbonyl (C=O) groups excluding carboxylic acids is 1. The average molecular weight is 1540 g/mol. The quantitative estimate of drug-likeness (QED) is 0.0143. The molecule has 0 saturated carbocycles. The Hall–Kier alpha value is -10.0. The highest BCUT2D eigenvalue weighted by molar-refractivity contribution is 5.97. The molecular formula is C61H82F4N26O18. The van der Waals surface area contributed by atoms with Gasteiger partial charge in [-0.2, -0.15) is 4.98 Å². The molecule has 15 rings (SSSR count). The highest BCUT2D eigenvalue weighted by Gasteiger charge is 2.60. The fourth-order valence-electron chi connectivity index (χ4n) is 14.0. The van der Waals surface area contributed by atoms with Crippen molar-refractivity contribution in [2.75, 3.05) is 64.5 Å². The third-order valence-corrected chi connectivity index (χ3v) is 20.4. The van der Waals surface area contributed by atoms with Crippen molar-refractivity contribution in [1.82, 2.24) is 73.7 Å². The number of amidine groups is 1. The van der Waals surface area contributed by atoms with Crippen LogP contribution in [0, 0.1) is 29.6 Å². The van der Waals surface area contributed by atoms with Gasteiger partial charge in [0, 0.05) is 10.8 Å². The van der Waals surface area contributed by atoms with Crippen LogP contribution in [0.15, 0.2) is 96.6 Å². The number of aliphatic hydroxyl groups excluding tert-OH is 10. The first kappa shape index (κ1) is 81.5. The standard InChI is InChI=1S/C13H15FN4O4.C12H16FN5O4.C12H16FN5O3.C12H16N8O3.C12H18N4O4.FH/c1-2-13(4-19)9(20)7(3-14)12(22-13)18-6-17-8-10(18)15-5-16-11(8)21;1-12(3-19)7(20)5(2-13)10(22-12)18-4-15-6-8(18)16-11(14)17-9(6)21;1-12(3-19)8(20)6(2-13)11(21-12)18-5-17-7-9(14)15-4-16-10(7)18;1-2-6-8(22)12(3-21,18-19-14)23-11(6)20-5-17-7-9(13)15-4-16-10(7)20;1-6-8(18)12(2,3-17)20-11(6)16-5-15-7-9(16)13-4-14-10(7)19;/h2,5-7,9,12,19-20H,1,3-4H2,(H,15,16,21);4-5,7,10,19-20H,2-3H2,1H3,(H3,14,16,17,21);4-6,8,11,19-20H,2-3H2,1H3,(H2,14,15,16);2,4-8,10-11,21-22H,1,3H2,(H2,13,15,16);4-9,11,17-18H,3H2,1-2H3,(H,13,14,19);1H/t7-,9-,12+,13+;5-,7-,10+,12+;6-,8-,11+,12+;6-,7?,8-,10?,11+,12+;6-,7?,8-,9?,11+,12+;/m00000./s1. The van der Waals surface area contributed by atoms with Crippen molar-refractivity contribution in [2.24, 2.45) is 65.4 Å². The fraction of sp³-hybridized carbons (Fsp3) is 0.590. The maximum absolute atomic E-state index is 13.4. The highest BCUT2D eigenvalue weighted by atomic mass is 19.1. The van der Waals surface area contributed by atoms with Gasteiger partial charge in [-0.1, -0.05) is 24.2 Å². The number of nitrogens with two attached hydrogens (primary N) is 3. The second-order valence-corrected chi connectivity index (χ2v) is 27.0. The number of H-pyrrole nitrogens is 2. The zero-order valence-electron chi connectivity index (χ0n) is 58.3. The highest BCUT2D eigenvalue weighted by Crippen LogP contribution is 2.47. The summed E-state index contributed by atoms with van der Waals surface area (Å²) in [5.41, 5.74) is 19.2. The van der Waals surface area contributed by atoms with Crippen LogP contribution in [0.4, 0.5) is 29.6 Å². The molecule has 1 amide bonds. The molecule has 0 bridgehead atoms. The maximum atomic E-state index is 13.4. The second kappa shape index (κ2) is 32.3. The average Bonchev–Trinajstić information content (AvgIpc) is 1.62. The van der Waals surface area contributed by atoms with Crippen LogP contribution in [0.3, 0.4) is 0 Å². The molecule has 19 N–H and O–H groups in total. The van der Waals surface area contributed by atoms with Crippen molar-refractivity contribution in [3.8, 4) is 0 Å². The Morgan fingerprint density at radius 3 is 1.70 bits per heavy atom. The van der Waals surface area contributed by atoms with E-state index >= 15 is 0 Å². The first-order chi connectivity index (χ1) is 51.5. The van der Waals surface area contributed by atoms with Gasteiger partial charge in [0.25, 0.3) is 17.0 Å². The molecule has 9 aliphatic heterocycles. The number of hydrogen-bond acceptors (Lipinski definition) is 36. The minimum atomic E-state index is -1.79. The Labute approximate surface area is 611 Å². The number of nitrogens with zero attached hydrogens (tertiary/aromatic N) is 20. The molecule has 592 valence electrons. The Morgan fingerprint density at radius 1 is 0.624 bits per heavy atom. The number of rotatable bonds is 16. The predicted molar refractivity (Wildman–Crippen MR) is 372 cm³/mol. The van der Waals surface area contributed by atoms with Crippen molar-refractivity contribution < 1.29 is 97.4 Å². The molecule has 44 nitrogen and oxygen atoms in total. The van der Waals surface area contributed by atoms with Crippen molar-refractivity contribution in [1.29, 1.82) is 0 Å². The van der Waals surface area contributed by atoms with Crippen LogP contribution >= 0.6 is 0 Å². The molecule has 24 atom stereocenters. The molecule has 0 aliphatic carbocycles. The third-order valence-electron chi connectivity index (χ3n) is 20.4. The summed E-state index contributed by atoms with van der Waals surface area (Å²) in [6.07, 6.45) is 4.24. The number of hydrogen-bond donors (Lipinski definition) is 16. The molecule has 0 aromatic carbocycles. The van der Waals surface area contributed by atoms with E-state index in [1.165, 1.54) is 96.7 Å². The minimum absolute atomic E-state index is 0. The number of ether oxygens (including phenoxy) is 5. The van der Waals surface area contributed by atoms with E-state index in [0.29, 0.717) is 17.0 Å². The Kier molecular flexibility index (Phi) is 24.1. The zero-order chi connectivity index (χ0) is 78.3. The van der Waals surface area contributed by atoms with Crippen molar-refractivity contribution >= 4 is 82.4 Å². The molecule has 48 heteroatoms. The number of fused-ring (bicyclic) bond motifs is 5. The molecule has 5 fully saturated rings. The summed E-state index contributed by atoms with van der Waals surface area (Å²) in [5.74, 6) is -3.39. The minimum Gasteiger partial charge on any atom is -0.393 e. The number of aliphatic imine (C=N–C) groups is 5. The second-order valence-electron chi connectivity index (χ2n) is 27.0. The van der Waals surface area contributed by atoms with Crippen LogP contribution in [0.2, 0.25) is 0 Å². The van der Waals surface area contributed by atoms with Crippen LogP contribution < -0.4 is 33.6 Å². The van der Waals surface area contributed by atoms with E-state index in [-0.39, 0.29) is 57.2 Å². The van der Waals surface area contributed by atoms with E-state index in [0.717, 1.165) is 0 Å². The van der Waals surface area contributed by atoms with E-state index in [2.05, 4.69) is 98.3 Å². The monoisotopic (exact) mass is 1540 g/mol. The fourth-order valence-corrected chi connectivity index (χ4v) is 14.0. The Morgan fingerprint density at radius 2 is 1.15 bits per heavy atom. The lowest BCUT2D eigenvalue weighted by molar-refractivity contribution is -0.133. The van der Waals surface area contributed by atoms with Crippen molar-refractivity contribution in [2.45, 2.75) is 142 Å². The normalized spacial score (nSPS) is 36.5. The predicted octanol–water partition coefficient (Wildman–Crippen LogP) is -4.54. The van der Waals surface area contributed by atoms with Gasteiger partial charge >= 0.3 is 0 Å². The number of nitrogen functional groups attached to an aromatic ring is 2. The number of azide groups is 1. The molecule has 4 unspecified atom stereocenters. The van der Waals surface area contributed by atoms with Crippen LogP contribution in [0.25, 0.3) is 43.9 Å². The number of aliphatic hydroxyl groups is 10. The first-order valence-electron chi connectivity index (χ1n) is 33.2. The van der Waals surface area contributed by atoms with E-state index in [1.54, 1.807) is 16.7 Å². The topological polar surface area (TPSA) is 643 Å². The maximum Gasteiger partial charge on any atom is 0.280 e. The number of aromatic nitrogens is 12. The van der Waals surface area contributed by atoms with Gasteiger partial charge in [-0.15, -0.1) is 13.2 Å². The molecular weight excluding hydrogens is 1460 g/mol. The lowest BCUT2D eigenvalue weighted by atomic mass is 9.91. The Bertz CT molecular complexity index is 4630. The zero-order valence-corrected chi connectivity index (χ0v) is 58.3. The van der Waals surface area contributed by atoms with E-state index in [1.807, 2.05) is 6.92 Å². The Balaban J connectivity index is 0.000000145. The summed E-state index contributed by atoms with van der Waals surface area (Å²) in [6.45, 7) is 8.75. The number of alkyl halides is 3. The lowest BCUT2D eigenvalue weighted by Crippen LogP contribution is -2.52. The summed E-state index contributed by atoms with van der Waals surface area (Å²) in [5, 5.41) is 105. The molecule has 5 saturated heterocycles. The van der Waals surface area contributed by atoms with E-state index < -0.39 is 195 Å². The smallest absolute Gasteiger partial charge is 0.280 e. The van der Waals surface area contributed by atoms with Crippen LogP contribution in [0.1, 0.15) is 46.4 Å². The molecule has 6 aromatic heterocycles. The molecule has 0 radical (unpaired) electrons. The van der Waals surface area contributed by atoms with Gasteiger partial charge in [0.2, 0.25) is 5.95 Å². The molecule has 9 aliphatic rings. The number of amides is 1. The number of halogens is 4. The summed E-state index contributed by atoms with van der Waals surface area (Å²) < 4.78 is 72.8. The number of carbonyl (C=O) groups is 1. The molecule has 109 heavy (non-hydrogen) atoms. The number of nitrogens with one attached hydrogen (secondary N) is 3. The largest absolute Gasteiger partial charge is 0.393 e. The SMILES string of the molecule is C=C[C@@H]1[C@H](N2C=NC3C(N)=NC=NC32)O[C@@](CO)(N=[N+]=[N-])[C@H]1O.C=C[C@]1(CO)O[C@@H](n2cnc3c(=O)[nH]cnc32)[C@@H](CF)[C@@H]1O.C[C@@H]1[C@H](N2C=NC3C(=O)NC=NC32)O[C@](C)(CO)[C@H]1O.C[C@]1(CO)O[C@@H](n2cnc3c(=O)[nH]c(N)nc32)[C@@H](CF)[C@@H]1O.C[C@]1(CO)O[C@@H](n2cnc3c(N)ncnc32)[C@@H](CF)[C@@H]1O.F. The third kappa shape index (κ3) is 14.2. The van der Waals surface area contributed by atoms with Gasteiger partial charge < -0.3 is 112 Å². The van der Waals surface area contributed by atoms with Crippen LogP contribution in [-0.2, 0) is 28.5 Å². The summed E-state index contributed by atoms with van der Waals surface area (Å²) in [6, 6.07) is -1.04. The number of aromatic amines is 2. The summed E-state index contributed by atoms with van der Waals surface area (Å²) in [7, 11) is 0. The van der Waals surface area contributed by atoms with E-state index in [4.69, 9.17) is 46.4 Å². The van der Waals surface area contributed by atoms with Gasteiger partial charge in [0.1, 0.15) is 89.7 Å². The van der Waals surface area contributed by atoms with Crippen molar-refractivity contribution in [3.63, 3.8) is 0 Å². The van der Waals surface area contributed by atoms with Crippen LogP contribution in [0.5, 0.6) is 0 Å². The number of anilines is 2.